The molecular weight excluding hydrogens is 364 g/mol. The van der Waals surface area contributed by atoms with Gasteiger partial charge in [0, 0.05) is 6.61 Å². The van der Waals surface area contributed by atoms with Crippen molar-refractivity contribution in [1.29, 1.82) is 0 Å². The van der Waals surface area contributed by atoms with Crippen molar-refractivity contribution in [2.45, 2.75) is 99.3 Å². The molecule has 4 saturated carbocycles. The van der Waals surface area contributed by atoms with Crippen LogP contribution in [0.5, 0.6) is 0 Å². The van der Waals surface area contributed by atoms with Crippen molar-refractivity contribution in [3.05, 3.63) is 12.2 Å². The van der Waals surface area contributed by atoms with Gasteiger partial charge in [0.2, 0.25) is 0 Å². The highest BCUT2D eigenvalue weighted by Gasteiger charge is 2.61. The van der Waals surface area contributed by atoms with Crippen LogP contribution in [0.4, 0.5) is 0 Å². The summed E-state index contributed by atoms with van der Waals surface area (Å²) in [5, 5.41) is 9.94. The van der Waals surface area contributed by atoms with Crippen LogP contribution in [0.2, 0.25) is 0 Å². The summed E-state index contributed by atoms with van der Waals surface area (Å²) in [6.07, 6.45) is 17.8. The minimum Gasteiger partial charge on any atom is -0.396 e. The first-order valence-corrected chi connectivity index (χ1v) is 13.5. The number of rotatable bonds is 6. The highest BCUT2D eigenvalue weighted by atomic mass is 16.3. The summed E-state index contributed by atoms with van der Waals surface area (Å²) in [4.78, 5) is 0. The SMILES string of the molecule is CC[C@H](/C=C/[C@@H](C)[C@H]1CC[C@H]2[C@@H]3CC[C@H]4[C@@H](CO)CC[C@]4(C)[C@H]3CC[C@]12C)C(C)C. The van der Waals surface area contributed by atoms with E-state index in [-0.39, 0.29) is 0 Å². The molecule has 4 aliphatic rings. The molecular formula is C29H50O. The van der Waals surface area contributed by atoms with E-state index in [1.165, 1.54) is 57.8 Å². The zero-order valence-electron chi connectivity index (χ0n) is 20.9. The van der Waals surface area contributed by atoms with Crippen molar-refractivity contribution in [2.24, 2.45) is 64.1 Å². The molecule has 0 heterocycles. The molecule has 0 aromatic carbocycles. The molecule has 0 radical (unpaired) electrons. The van der Waals surface area contributed by atoms with Crippen molar-refractivity contribution in [3.63, 3.8) is 0 Å². The highest BCUT2D eigenvalue weighted by Crippen LogP contribution is 2.69. The number of hydrogen-bond donors (Lipinski definition) is 1. The molecule has 4 aliphatic carbocycles. The normalized spacial score (nSPS) is 47.9. The zero-order chi connectivity index (χ0) is 21.7. The summed E-state index contributed by atoms with van der Waals surface area (Å²) in [6, 6.07) is 0. The molecule has 30 heavy (non-hydrogen) atoms. The third kappa shape index (κ3) is 3.54. The smallest absolute Gasteiger partial charge is 0.0462 e. The topological polar surface area (TPSA) is 20.2 Å². The second kappa shape index (κ2) is 8.57. The van der Waals surface area contributed by atoms with Gasteiger partial charge in [-0.25, -0.2) is 0 Å². The van der Waals surface area contributed by atoms with Gasteiger partial charge in [-0.2, -0.15) is 0 Å². The molecule has 4 rings (SSSR count). The quantitative estimate of drug-likeness (QED) is 0.441. The maximum atomic E-state index is 9.94. The number of hydrogen-bond acceptors (Lipinski definition) is 1. The van der Waals surface area contributed by atoms with Crippen LogP contribution in [-0.4, -0.2) is 11.7 Å². The zero-order valence-corrected chi connectivity index (χ0v) is 20.9. The van der Waals surface area contributed by atoms with E-state index < -0.39 is 0 Å². The summed E-state index contributed by atoms with van der Waals surface area (Å²) in [6.45, 7) is 15.4. The average Bonchev–Trinajstić information content (AvgIpc) is 3.24. The summed E-state index contributed by atoms with van der Waals surface area (Å²) in [5.41, 5.74) is 1.08. The van der Waals surface area contributed by atoms with E-state index in [0.717, 1.165) is 47.3 Å². The van der Waals surface area contributed by atoms with Gasteiger partial charge >= 0.3 is 0 Å². The molecule has 1 N–H and O–H groups in total. The van der Waals surface area contributed by atoms with Gasteiger partial charge in [0.25, 0.3) is 0 Å². The summed E-state index contributed by atoms with van der Waals surface area (Å²) in [5.74, 6) is 7.34. The summed E-state index contributed by atoms with van der Waals surface area (Å²) < 4.78 is 0. The minimum atomic E-state index is 0.430. The fraction of sp³-hybridized carbons (Fsp3) is 0.931. The molecule has 0 aliphatic heterocycles. The van der Waals surface area contributed by atoms with Crippen LogP contribution in [0.3, 0.4) is 0 Å². The molecule has 172 valence electrons. The van der Waals surface area contributed by atoms with Crippen molar-refractivity contribution >= 4 is 0 Å². The molecule has 0 aromatic heterocycles. The van der Waals surface area contributed by atoms with Gasteiger partial charge in [-0.05, 0) is 122 Å². The number of aliphatic hydroxyl groups excluding tert-OH is 1. The largest absolute Gasteiger partial charge is 0.396 e. The minimum absolute atomic E-state index is 0.430. The lowest BCUT2D eigenvalue weighted by molar-refractivity contribution is -0.0956. The predicted octanol–water partition coefficient (Wildman–Crippen LogP) is 7.74. The van der Waals surface area contributed by atoms with Crippen LogP contribution in [0.15, 0.2) is 12.2 Å². The van der Waals surface area contributed by atoms with Gasteiger partial charge < -0.3 is 5.11 Å². The Bertz CT molecular complexity index is 622. The van der Waals surface area contributed by atoms with Gasteiger partial charge in [-0.3, -0.25) is 0 Å². The Morgan fingerprint density at radius 2 is 1.50 bits per heavy atom. The van der Waals surface area contributed by atoms with Gasteiger partial charge in [0.05, 0.1) is 0 Å². The van der Waals surface area contributed by atoms with Gasteiger partial charge in [-0.15, -0.1) is 0 Å². The highest BCUT2D eigenvalue weighted by molar-refractivity contribution is 5.12. The van der Waals surface area contributed by atoms with Crippen molar-refractivity contribution in [3.8, 4) is 0 Å². The lowest BCUT2D eigenvalue weighted by Crippen LogP contribution is -2.51. The molecule has 0 aromatic rings. The lowest BCUT2D eigenvalue weighted by atomic mass is 9.47. The van der Waals surface area contributed by atoms with Crippen LogP contribution >= 0.6 is 0 Å². The van der Waals surface area contributed by atoms with E-state index in [1.54, 1.807) is 0 Å². The Morgan fingerprint density at radius 3 is 2.17 bits per heavy atom. The molecule has 0 spiro atoms. The molecule has 10 atom stereocenters. The fourth-order valence-electron chi connectivity index (χ4n) is 9.73. The molecule has 0 amide bonds. The summed E-state index contributed by atoms with van der Waals surface area (Å²) in [7, 11) is 0. The van der Waals surface area contributed by atoms with E-state index in [4.69, 9.17) is 0 Å². The summed E-state index contributed by atoms with van der Waals surface area (Å²) >= 11 is 0. The van der Waals surface area contributed by atoms with Crippen molar-refractivity contribution in [2.75, 3.05) is 6.61 Å². The predicted molar refractivity (Wildman–Crippen MR) is 128 cm³/mol. The standard InChI is InChI=1S/C29H50O/c1-7-21(19(2)3)9-8-20(4)24-12-13-26-23-10-11-25-22(18-30)14-16-29(25,6)27(23)15-17-28(24,26)5/h8-9,19-27,30H,7,10-18H2,1-6H3/b9-8+/t20-,21-,22-,23+,24-,25+,26+,27+,28-,29+/m1/s1. The lowest BCUT2D eigenvalue weighted by Gasteiger charge is -2.58. The first-order valence-electron chi connectivity index (χ1n) is 13.5. The second-order valence-corrected chi connectivity index (χ2v) is 12.8. The first kappa shape index (κ1) is 22.9. The maximum absolute atomic E-state index is 9.94. The third-order valence-electron chi connectivity index (χ3n) is 11.5. The molecule has 1 heteroatoms. The molecule has 4 fully saturated rings. The maximum Gasteiger partial charge on any atom is 0.0462 e. The monoisotopic (exact) mass is 414 g/mol. The van der Waals surface area contributed by atoms with E-state index in [1.807, 2.05) is 0 Å². The van der Waals surface area contributed by atoms with E-state index in [0.29, 0.717) is 23.4 Å². The number of fused-ring (bicyclic) bond motifs is 5. The van der Waals surface area contributed by atoms with Crippen LogP contribution in [-0.2, 0) is 0 Å². The van der Waals surface area contributed by atoms with E-state index >= 15 is 0 Å². The number of allylic oxidation sites excluding steroid dienone is 2. The Morgan fingerprint density at radius 1 is 0.833 bits per heavy atom. The van der Waals surface area contributed by atoms with Crippen LogP contribution in [0.1, 0.15) is 99.3 Å². The van der Waals surface area contributed by atoms with E-state index in [9.17, 15) is 5.11 Å². The van der Waals surface area contributed by atoms with Gasteiger partial charge in [0.15, 0.2) is 0 Å². The molecule has 0 bridgehead atoms. The Balaban J connectivity index is 1.50. The Labute approximate surface area is 187 Å². The van der Waals surface area contributed by atoms with E-state index in [2.05, 4.69) is 53.7 Å². The van der Waals surface area contributed by atoms with Crippen LogP contribution in [0, 0.1) is 64.1 Å². The fourth-order valence-corrected chi connectivity index (χ4v) is 9.73. The van der Waals surface area contributed by atoms with Gasteiger partial charge in [-0.1, -0.05) is 53.7 Å². The van der Waals surface area contributed by atoms with Gasteiger partial charge in [0.1, 0.15) is 0 Å². The van der Waals surface area contributed by atoms with Crippen molar-refractivity contribution < 1.29 is 5.11 Å². The number of aliphatic hydroxyl groups is 1. The Hall–Kier alpha value is -0.300. The van der Waals surface area contributed by atoms with Crippen molar-refractivity contribution in [1.82, 2.24) is 0 Å². The molecule has 0 saturated heterocycles. The molecule has 0 unspecified atom stereocenters. The average molecular weight is 415 g/mol. The Kier molecular flexibility index (Phi) is 6.53. The second-order valence-electron chi connectivity index (χ2n) is 12.8. The third-order valence-corrected chi connectivity index (χ3v) is 11.5. The molecule has 1 nitrogen and oxygen atoms in total. The van der Waals surface area contributed by atoms with Crippen LogP contribution in [0.25, 0.3) is 0 Å². The van der Waals surface area contributed by atoms with Crippen LogP contribution < -0.4 is 0 Å². The first-order chi connectivity index (χ1) is 14.3.